The number of aliphatic hydroxyl groups is 1. The molecule has 126 valence electrons. The molecule has 0 aliphatic carbocycles. The number of aliphatic hydroxyl groups excluding tert-OH is 1. The number of hydrogen-bond donors (Lipinski definition) is 2. The van der Waals surface area contributed by atoms with Crippen LogP contribution in [0.2, 0.25) is 5.02 Å². The van der Waals surface area contributed by atoms with Crippen molar-refractivity contribution in [2.24, 2.45) is 0 Å². The van der Waals surface area contributed by atoms with E-state index >= 15 is 0 Å². The molecule has 2 aromatic carbocycles. The van der Waals surface area contributed by atoms with Crippen LogP contribution >= 0.6 is 11.6 Å². The molecule has 0 saturated carbocycles. The molecule has 0 spiro atoms. The molecular weight excluding hydrogens is 324 g/mol. The predicted octanol–water partition coefficient (Wildman–Crippen LogP) is 3.93. The lowest BCUT2D eigenvalue weighted by Gasteiger charge is -2.24. The zero-order chi connectivity index (χ0) is 16.9. The van der Waals surface area contributed by atoms with E-state index in [1.807, 2.05) is 48.5 Å². The van der Waals surface area contributed by atoms with E-state index in [4.69, 9.17) is 16.7 Å². The number of amides is 2. The highest BCUT2D eigenvalue weighted by molar-refractivity contribution is 6.32. The molecule has 0 bridgehead atoms. The van der Waals surface area contributed by atoms with E-state index < -0.39 is 0 Å². The molecule has 1 aliphatic heterocycles. The van der Waals surface area contributed by atoms with Gasteiger partial charge >= 0.3 is 6.03 Å². The Morgan fingerprint density at radius 2 is 2.00 bits per heavy atom. The maximum atomic E-state index is 12.8. The molecule has 4 nitrogen and oxygen atoms in total. The second kappa shape index (κ2) is 7.69. The number of anilines is 1. The van der Waals surface area contributed by atoms with E-state index in [0.717, 1.165) is 23.2 Å². The zero-order valence-corrected chi connectivity index (χ0v) is 14.2. The fraction of sp³-hybridized carbons (Fsp3) is 0.316. The maximum Gasteiger partial charge on any atom is 0.322 e. The molecular formula is C19H21ClN2O2. The first-order chi connectivity index (χ1) is 11.7. The lowest BCUT2D eigenvalue weighted by molar-refractivity contribution is 0.238. The average molecular weight is 345 g/mol. The van der Waals surface area contributed by atoms with Gasteiger partial charge in [0.25, 0.3) is 0 Å². The molecule has 0 saturated heterocycles. The summed E-state index contributed by atoms with van der Waals surface area (Å²) in [7, 11) is 0. The van der Waals surface area contributed by atoms with Gasteiger partial charge in [-0.3, -0.25) is 4.90 Å². The standard InChI is InChI=1S/C19H21ClN2O2/c20-16-8-4-10-18-15(16)11-12-22(18)19(24)21-17(9-5-13-23)14-6-2-1-3-7-14/h1-4,6-8,10,17,23H,5,9,11-13H2,(H,21,24). The van der Waals surface area contributed by atoms with Crippen LogP contribution in [0.25, 0.3) is 0 Å². The van der Waals surface area contributed by atoms with Crippen molar-refractivity contribution in [1.82, 2.24) is 5.32 Å². The molecule has 0 radical (unpaired) electrons. The van der Waals surface area contributed by atoms with Crippen LogP contribution in [0.3, 0.4) is 0 Å². The van der Waals surface area contributed by atoms with Crippen LogP contribution in [0.4, 0.5) is 10.5 Å². The van der Waals surface area contributed by atoms with E-state index in [1.54, 1.807) is 4.90 Å². The Balaban J connectivity index is 1.76. The summed E-state index contributed by atoms with van der Waals surface area (Å²) in [6.45, 7) is 0.744. The van der Waals surface area contributed by atoms with E-state index in [2.05, 4.69) is 5.32 Å². The molecule has 2 N–H and O–H groups in total. The Morgan fingerprint density at radius 1 is 1.21 bits per heavy atom. The van der Waals surface area contributed by atoms with Crippen LogP contribution in [0.15, 0.2) is 48.5 Å². The first-order valence-corrected chi connectivity index (χ1v) is 8.59. The highest BCUT2D eigenvalue weighted by Crippen LogP contribution is 2.33. The number of rotatable bonds is 5. The number of urea groups is 1. The first kappa shape index (κ1) is 16.8. The van der Waals surface area contributed by atoms with E-state index in [0.29, 0.717) is 24.4 Å². The van der Waals surface area contributed by atoms with Crippen LogP contribution in [0, 0.1) is 0 Å². The van der Waals surface area contributed by atoms with Crippen molar-refractivity contribution in [2.45, 2.75) is 25.3 Å². The summed E-state index contributed by atoms with van der Waals surface area (Å²) in [5.41, 5.74) is 2.96. The Hall–Kier alpha value is -2.04. The first-order valence-electron chi connectivity index (χ1n) is 8.22. The second-order valence-electron chi connectivity index (χ2n) is 5.92. The van der Waals surface area contributed by atoms with Crippen LogP contribution < -0.4 is 10.2 Å². The van der Waals surface area contributed by atoms with E-state index in [1.165, 1.54) is 0 Å². The van der Waals surface area contributed by atoms with Gasteiger partial charge in [0.15, 0.2) is 0 Å². The van der Waals surface area contributed by atoms with Gasteiger partial charge in [0.2, 0.25) is 0 Å². The summed E-state index contributed by atoms with van der Waals surface area (Å²) in [6, 6.07) is 15.3. The fourth-order valence-electron chi connectivity index (χ4n) is 3.13. The van der Waals surface area contributed by atoms with Crippen LogP contribution in [0.1, 0.15) is 30.0 Å². The molecule has 1 aliphatic rings. The van der Waals surface area contributed by atoms with Crippen molar-refractivity contribution in [3.05, 3.63) is 64.7 Å². The Morgan fingerprint density at radius 3 is 2.75 bits per heavy atom. The van der Waals surface area contributed by atoms with Gasteiger partial charge in [-0.05, 0) is 42.5 Å². The van der Waals surface area contributed by atoms with Crippen molar-refractivity contribution >= 4 is 23.3 Å². The van der Waals surface area contributed by atoms with E-state index in [-0.39, 0.29) is 18.7 Å². The van der Waals surface area contributed by atoms with Crippen molar-refractivity contribution in [3.63, 3.8) is 0 Å². The smallest absolute Gasteiger partial charge is 0.322 e. The highest BCUT2D eigenvalue weighted by Gasteiger charge is 2.27. The number of carbonyl (C=O) groups excluding carboxylic acids is 1. The van der Waals surface area contributed by atoms with Gasteiger partial charge in [-0.2, -0.15) is 0 Å². The lowest BCUT2D eigenvalue weighted by atomic mass is 10.0. The van der Waals surface area contributed by atoms with E-state index in [9.17, 15) is 4.79 Å². The zero-order valence-electron chi connectivity index (χ0n) is 13.4. The number of carbonyl (C=O) groups is 1. The van der Waals surface area contributed by atoms with Crippen molar-refractivity contribution in [2.75, 3.05) is 18.1 Å². The summed E-state index contributed by atoms with van der Waals surface area (Å²) in [5, 5.41) is 12.9. The normalized spacial score (nSPS) is 14.3. The fourth-order valence-corrected chi connectivity index (χ4v) is 3.40. The van der Waals surface area contributed by atoms with Gasteiger partial charge in [-0.1, -0.05) is 48.0 Å². The van der Waals surface area contributed by atoms with Gasteiger partial charge in [-0.25, -0.2) is 4.79 Å². The summed E-state index contributed by atoms with van der Waals surface area (Å²) < 4.78 is 0. The van der Waals surface area contributed by atoms with Crippen LogP contribution in [-0.4, -0.2) is 24.3 Å². The Bertz CT molecular complexity index is 706. The van der Waals surface area contributed by atoms with Crippen LogP contribution in [-0.2, 0) is 6.42 Å². The SMILES string of the molecule is O=C(NC(CCCO)c1ccccc1)N1CCc2c(Cl)cccc21. The molecule has 2 aromatic rings. The van der Waals surface area contributed by atoms with Crippen molar-refractivity contribution < 1.29 is 9.90 Å². The quantitative estimate of drug-likeness (QED) is 0.863. The molecule has 1 unspecified atom stereocenters. The minimum atomic E-state index is -0.122. The summed E-state index contributed by atoms with van der Waals surface area (Å²) in [6.07, 6.45) is 2.11. The number of benzene rings is 2. The number of nitrogens with one attached hydrogen (secondary N) is 1. The van der Waals surface area contributed by atoms with Gasteiger partial charge in [0, 0.05) is 18.2 Å². The van der Waals surface area contributed by atoms with Crippen LogP contribution in [0.5, 0.6) is 0 Å². The van der Waals surface area contributed by atoms with Gasteiger partial charge < -0.3 is 10.4 Å². The van der Waals surface area contributed by atoms with Crippen molar-refractivity contribution in [1.29, 1.82) is 0 Å². The predicted molar refractivity (Wildman–Crippen MR) is 96.5 cm³/mol. The molecule has 3 rings (SSSR count). The molecule has 5 heteroatoms. The number of hydrogen-bond acceptors (Lipinski definition) is 2. The Kier molecular flexibility index (Phi) is 5.38. The lowest BCUT2D eigenvalue weighted by Crippen LogP contribution is -2.41. The topological polar surface area (TPSA) is 52.6 Å². The monoisotopic (exact) mass is 344 g/mol. The molecule has 24 heavy (non-hydrogen) atoms. The highest BCUT2D eigenvalue weighted by atomic mass is 35.5. The van der Waals surface area contributed by atoms with Gasteiger partial charge in [0.1, 0.15) is 0 Å². The third kappa shape index (κ3) is 3.55. The van der Waals surface area contributed by atoms with Crippen molar-refractivity contribution in [3.8, 4) is 0 Å². The summed E-state index contributed by atoms with van der Waals surface area (Å²) >= 11 is 6.22. The summed E-state index contributed by atoms with van der Waals surface area (Å²) in [5.74, 6) is 0. The second-order valence-corrected chi connectivity index (χ2v) is 6.32. The van der Waals surface area contributed by atoms with Gasteiger partial charge in [-0.15, -0.1) is 0 Å². The molecule has 1 heterocycles. The number of nitrogens with zero attached hydrogens (tertiary/aromatic N) is 1. The Labute approximate surface area is 147 Å². The maximum absolute atomic E-state index is 12.8. The third-order valence-electron chi connectivity index (χ3n) is 4.37. The third-order valence-corrected chi connectivity index (χ3v) is 4.72. The molecule has 0 aromatic heterocycles. The number of halogens is 1. The molecule has 1 atom stereocenters. The minimum Gasteiger partial charge on any atom is -0.396 e. The summed E-state index contributed by atoms with van der Waals surface area (Å²) in [4.78, 5) is 14.5. The largest absolute Gasteiger partial charge is 0.396 e. The number of fused-ring (bicyclic) bond motifs is 1. The van der Waals surface area contributed by atoms with Gasteiger partial charge in [0.05, 0.1) is 11.7 Å². The minimum absolute atomic E-state index is 0.112. The molecule has 0 fully saturated rings. The average Bonchev–Trinajstić information content (AvgIpc) is 3.05. The molecule has 2 amide bonds.